The van der Waals surface area contributed by atoms with Crippen molar-refractivity contribution in [1.82, 2.24) is 10.9 Å². The van der Waals surface area contributed by atoms with Crippen molar-refractivity contribution in [2.24, 2.45) is 0 Å². The summed E-state index contributed by atoms with van der Waals surface area (Å²) >= 11 is 5.17. The van der Waals surface area contributed by atoms with E-state index in [0.717, 1.165) is 10.9 Å². The molecule has 3 rings (SSSR count). The quantitative estimate of drug-likeness (QED) is 0.354. The van der Waals surface area contributed by atoms with E-state index in [4.69, 9.17) is 21.4 Å². The van der Waals surface area contributed by atoms with Gasteiger partial charge < -0.3 is 14.5 Å². The van der Waals surface area contributed by atoms with E-state index in [9.17, 15) is 9.59 Å². The van der Waals surface area contributed by atoms with Gasteiger partial charge in [0.25, 0.3) is 5.91 Å². The summed E-state index contributed by atoms with van der Waals surface area (Å²) in [6, 6.07) is 15.8. The van der Waals surface area contributed by atoms with Crippen LogP contribution >= 0.6 is 12.2 Å². The number of benzene rings is 2. The van der Waals surface area contributed by atoms with Crippen molar-refractivity contribution in [1.29, 1.82) is 0 Å². The number of anilines is 1. The second-order valence-corrected chi connectivity index (χ2v) is 6.51. The number of hydrazine groups is 1. The third-order valence-corrected chi connectivity index (χ3v) is 4.14. The van der Waals surface area contributed by atoms with Crippen LogP contribution in [0.2, 0.25) is 0 Å². The Bertz CT molecular complexity index is 1070. The number of carbonyl (C=O) groups is 1. The molecule has 0 saturated heterocycles. The highest BCUT2D eigenvalue weighted by Gasteiger charge is 2.14. The van der Waals surface area contributed by atoms with E-state index < -0.39 is 11.7 Å². The lowest BCUT2D eigenvalue weighted by atomic mass is 10.1. The summed E-state index contributed by atoms with van der Waals surface area (Å²) in [5.41, 5.74) is 6.58. The number of fused-ring (bicyclic) bond motifs is 1. The van der Waals surface area contributed by atoms with E-state index in [-0.39, 0.29) is 11.0 Å². The van der Waals surface area contributed by atoms with Gasteiger partial charge in [0.1, 0.15) is 11.3 Å². The molecule has 8 heteroatoms. The van der Waals surface area contributed by atoms with Crippen LogP contribution in [0.15, 0.2) is 63.8 Å². The summed E-state index contributed by atoms with van der Waals surface area (Å²) in [6.45, 7) is 3.47. The Morgan fingerprint density at radius 3 is 2.61 bits per heavy atom. The van der Waals surface area contributed by atoms with Crippen LogP contribution < -0.4 is 26.5 Å². The van der Waals surface area contributed by atoms with E-state index in [1.54, 1.807) is 31.2 Å². The highest BCUT2D eigenvalue weighted by atomic mass is 32.1. The van der Waals surface area contributed by atoms with Crippen molar-refractivity contribution in [2.75, 3.05) is 5.32 Å². The number of amides is 1. The van der Waals surface area contributed by atoms with E-state index in [1.165, 1.54) is 6.07 Å². The molecule has 1 amide bonds. The van der Waals surface area contributed by atoms with Gasteiger partial charge in [-0.1, -0.05) is 18.2 Å². The molecule has 1 aromatic heterocycles. The summed E-state index contributed by atoms with van der Waals surface area (Å²) in [6.07, 6.45) is -0.712. The van der Waals surface area contributed by atoms with Gasteiger partial charge in [0.2, 0.25) is 0 Å². The summed E-state index contributed by atoms with van der Waals surface area (Å²) in [7, 11) is 0. The molecule has 144 valence electrons. The van der Waals surface area contributed by atoms with Crippen LogP contribution in [-0.2, 0) is 4.79 Å². The second kappa shape index (κ2) is 8.53. The zero-order chi connectivity index (χ0) is 20.1. The van der Waals surface area contributed by atoms with Gasteiger partial charge in [-0.2, -0.15) is 0 Å². The molecular weight excluding hydrogens is 378 g/mol. The molecule has 0 aliphatic rings. The van der Waals surface area contributed by atoms with Crippen LogP contribution in [0.3, 0.4) is 0 Å². The topological polar surface area (TPSA) is 92.6 Å². The van der Waals surface area contributed by atoms with Crippen molar-refractivity contribution in [3.8, 4) is 5.75 Å². The number of rotatable bonds is 4. The lowest BCUT2D eigenvalue weighted by Crippen LogP contribution is -2.48. The lowest BCUT2D eigenvalue weighted by Gasteiger charge is -2.16. The average molecular weight is 397 g/mol. The van der Waals surface area contributed by atoms with Crippen LogP contribution in [0.1, 0.15) is 12.5 Å². The van der Waals surface area contributed by atoms with Crippen LogP contribution in [-0.4, -0.2) is 17.1 Å². The Morgan fingerprint density at radius 2 is 1.86 bits per heavy atom. The number of carbonyl (C=O) groups excluding carboxylic acids is 1. The van der Waals surface area contributed by atoms with Crippen LogP contribution in [0.4, 0.5) is 5.69 Å². The van der Waals surface area contributed by atoms with E-state index in [2.05, 4.69) is 16.2 Å². The average Bonchev–Trinajstić information content (AvgIpc) is 2.66. The molecule has 0 unspecified atom stereocenters. The van der Waals surface area contributed by atoms with Crippen molar-refractivity contribution in [3.05, 3.63) is 70.6 Å². The largest absolute Gasteiger partial charge is 0.481 e. The third kappa shape index (κ3) is 4.86. The SMILES string of the molecule is Cc1cc(=O)oc2cc(NC(=S)NNC(=O)[C@H](C)Oc3ccccc3)ccc12. The summed E-state index contributed by atoms with van der Waals surface area (Å²) < 4.78 is 10.7. The maximum Gasteiger partial charge on any atom is 0.336 e. The minimum atomic E-state index is -0.712. The Hall–Kier alpha value is -3.39. The molecule has 1 atom stereocenters. The van der Waals surface area contributed by atoms with Gasteiger partial charge in [0, 0.05) is 23.2 Å². The Labute approximate surface area is 166 Å². The Morgan fingerprint density at radius 1 is 1.11 bits per heavy atom. The van der Waals surface area contributed by atoms with Gasteiger partial charge in [0.05, 0.1) is 0 Å². The minimum Gasteiger partial charge on any atom is -0.481 e. The minimum absolute atomic E-state index is 0.176. The summed E-state index contributed by atoms with van der Waals surface area (Å²) in [5, 5.41) is 3.93. The normalized spacial score (nSPS) is 11.5. The van der Waals surface area contributed by atoms with Crippen molar-refractivity contribution in [3.63, 3.8) is 0 Å². The molecule has 7 nitrogen and oxygen atoms in total. The number of nitrogens with one attached hydrogen (secondary N) is 3. The fourth-order valence-electron chi connectivity index (χ4n) is 2.54. The smallest absolute Gasteiger partial charge is 0.336 e. The van der Waals surface area contributed by atoms with Crippen molar-refractivity contribution < 1.29 is 13.9 Å². The summed E-state index contributed by atoms with van der Waals surface area (Å²) in [4.78, 5) is 23.6. The fourth-order valence-corrected chi connectivity index (χ4v) is 2.71. The maximum absolute atomic E-state index is 12.1. The van der Waals surface area contributed by atoms with E-state index in [0.29, 0.717) is 17.0 Å². The van der Waals surface area contributed by atoms with Crippen molar-refractivity contribution >= 4 is 39.9 Å². The molecule has 28 heavy (non-hydrogen) atoms. The first kappa shape index (κ1) is 19.4. The molecule has 0 fully saturated rings. The number of aryl methyl sites for hydroxylation is 1. The van der Waals surface area contributed by atoms with Crippen LogP contribution in [0.25, 0.3) is 11.0 Å². The fraction of sp³-hybridized carbons (Fsp3) is 0.150. The first-order valence-corrected chi connectivity index (χ1v) is 8.96. The lowest BCUT2D eigenvalue weighted by molar-refractivity contribution is -0.127. The van der Waals surface area contributed by atoms with Gasteiger partial charge >= 0.3 is 5.63 Å². The first-order valence-electron chi connectivity index (χ1n) is 8.55. The molecule has 0 saturated carbocycles. The molecule has 3 N–H and O–H groups in total. The number of hydrogen-bond acceptors (Lipinski definition) is 5. The number of thiocarbonyl (C=S) groups is 1. The van der Waals surface area contributed by atoms with Crippen molar-refractivity contribution in [2.45, 2.75) is 20.0 Å². The first-order chi connectivity index (χ1) is 13.4. The molecule has 0 radical (unpaired) electrons. The monoisotopic (exact) mass is 397 g/mol. The zero-order valence-corrected chi connectivity index (χ0v) is 16.1. The highest BCUT2D eigenvalue weighted by Crippen LogP contribution is 2.20. The molecule has 1 heterocycles. The maximum atomic E-state index is 12.1. The molecule has 0 spiro atoms. The predicted octanol–water partition coefficient (Wildman–Crippen LogP) is 2.89. The van der Waals surface area contributed by atoms with E-state index in [1.807, 2.05) is 31.2 Å². The van der Waals surface area contributed by atoms with Crippen LogP contribution in [0.5, 0.6) is 5.75 Å². The molecule has 0 aliphatic heterocycles. The van der Waals surface area contributed by atoms with Crippen LogP contribution in [0, 0.1) is 6.92 Å². The van der Waals surface area contributed by atoms with Gasteiger partial charge in [-0.3, -0.25) is 15.6 Å². The molecular formula is C20H19N3O4S. The zero-order valence-electron chi connectivity index (χ0n) is 15.3. The second-order valence-electron chi connectivity index (χ2n) is 6.10. The number of para-hydroxylation sites is 1. The molecule has 0 aliphatic carbocycles. The predicted molar refractivity (Wildman–Crippen MR) is 111 cm³/mol. The number of ether oxygens (including phenoxy) is 1. The number of hydrogen-bond donors (Lipinski definition) is 3. The summed E-state index contributed by atoms with van der Waals surface area (Å²) in [5.74, 6) is 0.215. The van der Waals surface area contributed by atoms with Gasteiger partial charge in [-0.25, -0.2) is 4.79 Å². The van der Waals surface area contributed by atoms with Gasteiger partial charge in [0.15, 0.2) is 11.2 Å². The Kier molecular flexibility index (Phi) is 5.90. The standard InChI is InChI=1S/C20H19N3O4S/c1-12-10-18(24)27-17-11-14(8-9-16(12)17)21-20(28)23-22-19(25)13(2)26-15-6-4-3-5-7-15/h3-11,13H,1-2H3,(H,22,25)(H2,21,23,28)/t13-/m0/s1. The third-order valence-electron chi connectivity index (χ3n) is 3.93. The molecule has 2 aromatic carbocycles. The highest BCUT2D eigenvalue weighted by molar-refractivity contribution is 7.80. The van der Waals surface area contributed by atoms with E-state index >= 15 is 0 Å². The molecule has 3 aromatic rings. The van der Waals surface area contributed by atoms with Gasteiger partial charge in [-0.05, 0) is 55.9 Å². The molecule has 0 bridgehead atoms. The Balaban J connectivity index is 1.56. The van der Waals surface area contributed by atoms with Gasteiger partial charge in [-0.15, -0.1) is 0 Å².